The number of hydrogen-bond acceptors (Lipinski definition) is 2. The first-order chi connectivity index (χ1) is 8.09. The van der Waals surface area contributed by atoms with Crippen molar-refractivity contribution >= 4 is 5.97 Å². The van der Waals surface area contributed by atoms with E-state index in [0.29, 0.717) is 5.56 Å². The van der Waals surface area contributed by atoms with Crippen molar-refractivity contribution < 1.29 is 14.3 Å². The molecular weight excluding hydrogens is 221 g/mol. The summed E-state index contributed by atoms with van der Waals surface area (Å²) >= 11 is 0. The molecule has 0 saturated carbocycles. The number of hydrogen-bond donors (Lipinski definition) is 1. The highest BCUT2D eigenvalue weighted by atomic mass is 19.1. The molecular formula is C13H16FNO2. The molecule has 0 bridgehead atoms. The molecule has 0 amide bonds. The third kappa shape index (κ3) is 2.47. The van der Waals surface area contributed by atoms with Gasteiger partial charge < -0.3 is 5.11 Å². The van der Waals surface area contributed by atoms with E-state index < -0.39 is 12.0 Å². The molecule has 3 nitrogen and oxygen atoms in total. The third-order valence-electron chi connectivity index (χ3n) is 3.28. The van der Waals surface area contributed by atoms with Gasteiger partial charge in [0.25, 0.3) is 0 Å². The van der Waals surface area contributed by atoms with E-state index in [1.807, 2.05) is 11.8 Å². The molecule has 1 fully saturated rings. The van der Waals surface area contributed by atoms with Crippen LogP contribution in [-0.4, -0.2) is 29.1 Å². The van der Waals surface area contributed by atoms with Crippen LogP contribution < -0.4 is 0 Å². The second-order valence-corrected chi connectivity index (χ2v) is 4.48. The number of aryl methyl sites for hydroxylation is 1. The fourth-order valence-corrected chi connectivity index (χ4v) is 2.39. The second kappa shape index (κ2) is 4.84. The SMILES string of the molecule is Cc1ccc(F)cc1C(C(=O)O)N1CCCC1. The number of halogens is 1. The van der Waals surface area contributed by atoms with Crippen LogP contribution in [0.15, 0.2) is 18.2 Å². The summed E-state index contributed by atoms with van der Waals surface area (Å²) in [4.78, 5) is 13.3. The Morgan fingerprint density at radius 2 is 2.06 bits per heavy atom. The van der Waals surface area contributed by atoms with E-state index in [4.69, 9.17) is 0 Å². The Balaban J connectivity index is 2.37. The molecule has 17 heavy (non-hydrogen) atoms. The summed E-state index contributed by atoms with van der Waals surface area (Å²) in [6.45, 7) is 3.36. The third-order valence-corrected chi connectivity index (χ3v) is 3.28. The summed E-state index contributed by atoms with van der Waals surface area (Å²) in [6, 6.07) is 3.62. The smallest absolute Gasteiger partial charge is 0.325 e. The minimum atomic E-state index is -0.902. The zero-order chi connectivity index (χ0) is 12.4. The number of likely N-dealkylation sites (tertiary alicyclic amines) is 1. The zero-order valence-corrected chi connectivity index (χ0v) is 9.82. The number of aliphatic carboxylic acids is 1. The predicted octanol–water partition coefficient (Wildman–Crippen LogP) is 2.36. The molecule has 1 heterocycles. The average Bonchev–Trinajstić information content (AvgIpc) is 2.76. The first-order valence-electron chi connectivity index (χ1n) is 5.82. The van der Waals surface area contributed by atoms with Gasteiger partial charge in [-0.05, 0) is 56.1 Å². The highest BCUT2D eigenvalue weighted by molar-refractivity contribution is 5.76. The van der Waals surface area contributed by atoms with E-state index in [-0.39, 0.29) is 5.82 Å². The number of rotatable bonds is 3. The van der Waals surface area contributed by atoms with Gasteiger partial charge in [-0.15, -0.1) is 0 Å². The van der Waals surface area contributed by atoms with E-state index in [1.54, 1.807) is 6.07 Å². The molecule has 0 aromatic heterocycles. The molecule has 1 aliphatic heterocycles. The maximum Gasteiger partial charge on any atom is 0.325 e. The van der Waals surface area contributed by atoms with Crippen LogP contribution in [0.4, 0.5) is 4.39 Å². The molecule has 2 rings (SSSR count). The molecule has 0 spiro atoms. The quantitative estimate of drug-likeness (QED) is 0.877. The number of carbonyl (C=O) groups is 1. The van der Waals surface area contributed by atoms with Gasteiger partial charge in [-0.1, -0.05) is 6.07 Å². The Hall–Kier alpha value is -1.42. The summed E-state index contributed by atoms with van der Waals surface area (Å²) in [5, 5.41) is 9.34. The predicted molar refractivity (Wildman–Crippen MR) is 62.3 cm³/mol. The van der Waals surface area contributed by atoms with Gasteiger partial charge >= 0.3 is 5.97 Å². The Kier molecular flexibility index (Phi) is 3.43. The van der Waals surface area contributed by atoms with Crippen molar-refractivity contribution in [3.63, 3.8) is 0 Å². The molecule has 1 unspecified atom stereocenters. The van der Waals surface area contributed by atoms with Crippen molar-refractivity contribution in [1.29, 1.82) is 0 Å². The maximum atomic E-state index is 13.2. The second-order valence-electron chi connectivity index (χ2n) is 4.48. The minimum absolute atomic E-state index is 0.379. The van der Waals surface area contributed by atoms with Crippen molar-refractivity contribution in [1.82, 2.24) is 4.90 Å². The fourth-order valence-electron chi connectivity index (χ4n) is 2.39. The molecule has 1 N–H and O–H groups in total. The van der Waals surface area contributed by atoms with Gasteiger partial charge in [0.2, 0.25) is 0 Å². The lowest BCUT2D eigenvalue weighted by molar-refractivity contribution is -0.143. The van der Waals surface area contributed by atoms with E-state index in [0.717, 1.165) is 31.5 Å². The van der Waals surface area contributed by atoms with Crippen molar-refractivity contribution in [2.75, 3.05) is 13.1 Å². The Morgan fingerprint density at radius 3 is 2.65 bits per heavy atom. The van der Waals surface area contributed by atoms with Crippen molar-refractivity contribution in [3.8, 4) is 0 Å². The topological polar surface area (TPSA) is 40.5 Å². The van der Waals surface area contributed by atoms with E-state index in [2.05, 4.69) is 0 Å². The Bertz CT molecular complexity index is 427. The van der Waals surface area contributed by atoms with Crippen LogP contribution in [0, 0.1) is 12.7 Å². The number of nitrogens with zero attached hydrogens (tertiary/aromatic N) is 1. The van der Waals surface area contributed by atoms with E-state index in [9.17, 15) is 14.3 Å². The van der Waals surface area contributed by atoms with Crippen LogP contribution in [0.3, 0.4) is 0 Å². The highest BCUT2D eigenvalue weighted by Crippen LogP contribution is 2.28. The van der Waals surface area contributed by atoms with Gasteiger partial charge in [-0.2, -0.15) is 0 Å². The molecule has 0 aliphatic carbocycles. The monoisotopic (exact) mass is 237 g/mol. The van der Waals surface area contributed by atoms with Gasteiger partial charge in [-0.25, -0.2) is 4.39 Å². The zero-order valence-electron chi connectivity index (χ0n) is 9.82. The van der Waals surface area contributed by atoms with Gasteiger partial charge in [-0.3, -0.25) is 9.69 Å². The number of benzene rings is 1. The van der Waals surface area contributed by atoms with Gasteiger partial charge in [0, 0.05) is 0 Å². The number of carboxylic acids is 1. The summed E-state index contributed by atoms with van der Waals surface area (Å²) < 4.78 is 13.2. The molecule has 4 heteroatoms. The molecule has 0 radical (unpaired) electrons. The number of carboxylic acid groups (broad SMARTS) is 1. The van der Waals surface area contributed by atoms with Gasteiger partial charge in [0.1, 0.15) is 11.9 Å². The molecule has 1 aromatic carbocycles. The highest BCUT2D eigenvalue weighted by Gasteiger charge is 2.30. The summed E-state index contributed by atoms with van der Waals surface area (Å²) in [6.07, 6.45) is 2.02. The van der Waals surface area contributed by atoms with Crippen LogP contribution in [0.2, 0.25) is 0 Å². The van der Waals surface area contributed by atoms with E-state index >= 15 is 0 Å². The first-order valence-corrected chi connectivity index (χ1v) is 5.82. The largest absolute Gasteiger partial charge is 0.480 e. The fraction of sp³-hybridized carbons (Fsp3) is 0.462. The Morgan fingerprint density at radius 1 is 1.41 bits per heavy atom. The van der Waals surface area contributed by atoms with Crippen LogP contribution in [0.25, 0.3) is 0 Å². The minimum Gasteiger partial charge on any atom is -0.480 e. The van der Waals surface area contributed by atoms with Crippen molar-refractivity contribution in [2.45, 2.75) is 25.8 Å². The van der Waals surface area contributed by atoms with Gasteiger partial charge in [0.15, 0.2) is 0 Å². The molecule has 1 saturated heterocycles. The van der Waals surface area contributed by atoms with Crippen LogP contribution >= 0.6 is 0 Å². The van der Waals surface area contributed by atoms with Crippen LogP contribution in [0.5, 0.6) is 0 Å². The summed E-state index contributed by atoms with van der Waals surface area (Å²) in [7, 11) is 0. The lowest BCUT2D eigenvalue weighted by atomic mass is 10.00. The molecule has 1 atom stereocenters. The van der Waals surface area contributed by atoms with Crippen molar-refractivity contribution in [2.24, 2.45) is 0 Å². The lowest BCUT2D eigenvalue weighted by Gasteiger charge is -2.25. The standard InChI is InChI=1S/C13H16FNO2/c1-9-4-5-10(14)8-11(9)12(13(16)17)15-6-2-3-7-15/h4-5,8,12H,2-3,6-7H2,1H3,(H,16,17). The van der Waals surface area contributed by atoms with Crippen molar-refractivity contribution in [3.05, 3.63) is 35.1 Å². The molecule has 92 valence electrons. The lowest BCUT2D eigenvalue weighted by Crippen LogP contribution is -2.32. The van der Waals surface area contributed by atoms with E-state index in [1.165, 1.54) is 12.1 Å². The summed E-state index contributed by atoms with van der Waals surface area (Å²) in [5.74, 6) is -1.28. The van der Waals surface area contributed by atoms with Crippen LogP contribution in [0.1, 0.15) is 30.0 Å². The normalized spacial score (nSPS) is 18.2. The van der Waals surface area contributed by atoms with Crippen LogP contribution in [-0.2, 0) is 4.79 Å². The molecule has 1 aromatic rings. The summed E-state index contributed by atoms with van der Waals surface area (Å²) in [5.41, 5.74) is 1.39. The maximum absolute atomic E-state index is 13.2. The average molecular weight is 237 g/mol. The van der Waals surface area contributed by atoms with Gasteiger partial charge in [0.05, 0.1) is 0 Å². The Labute approximate surface area is 99.9 Å². The molecule has 1 aliphatic rings. The first kappa shape index (κ1) is 12.0.